The van der Waals surface area contributed by atoms with E-state index >= 15 is 0 Å². The van der Waals surface area contributed by atoms with Gasteiger partial charge in [0.05, 0.1) is 6.26 Å². The summed E-state index contributed by atoms with van der Waals surface area (Å²) in [7, 11) is 0. The smallest absolute Gasteiger partial charge is 0.229 e. The van der Waals surface area contributed by atoms with Crippen molar-refractivity contribution in [2.45, 2.75) is 25.8 Å². The second-order valence-corrected chi connectivity index (χ2v) is 5.94. The SMILES string of the molecule is C[C@H]1C[C@@H](C(=O)Nc2nc(-c3ccco3)cs2)CCN1. The van der Waals surface area contributed by atoms with Crippen LogP contribution in [0.3, 0.4) is 0 Å². The van der Waals surface area contributed by atoms with E-state index in [1.807, 2.05) is 17.5 Å². The molecular formula is C14H17N3O2S. The predicted octanol–water partition coefficient (Wildman–Crippen LogP) is 2.73. The number of furan rings is 1. The van der Waals surface area contributed by atoms with Gasteiger partial charge in [-0.3, -0.25) is 4.79 Å². The van der Waals surface area contributed by atoms with Crippen LogP contribution in [0.25, 0.3) is 11.5 Å². The Morgan fingerprint density at radius 1 is 1.60 bits per heavy atom. The van der Waals surface area contributed by atoms with Crippen LogP contribution in [0.4, 0.5) is 5.13 Å². The minimum Gasteiger partial charge on any atom is -0.463 e. The maximum Gasteiger partial charge on any atom is 0.229 e. The minimum atomic E-state index is 0.0682. The van der Waals surface area contributed by atoms with E-state index in [0.29, 0.717) is 11.2 Å². The summed E-state index contributed by atoms with van der Waals surface area (Å²) in [5, 5.41) is 8.78. The van der Waals surface area contributed by atoms with E-state index in [2.05, 4.69) is 22.5 Å². The van der Waals surface area contributed by atoms with Crippen molar-refractivity contribution < 1.29 is 9.21 Å². The van der Waals surface area contributed by atoms with Gasteiger partial charge in [0.15, 0.2) is 10.9 Å². The van der Waals surface area contributed by atoms with E-state index in [0.717, 1.165) is 30.8 Å². The predicted molar refractivity (Wildman–Crippen MR) is 78.6 cm³/mol. The highest BCUT2D eigenvalue weighted by Gasteiger charge is 2.25. The Bertz CT molecular complexity index is 579. The fourth-order valence-electron chi connectivity index (χ4n) is 2.45. The number of anilines is 1. The highest BCUT2D eigenvalue weighted by atomic mass is 32.1. The molecule has 2 atom stereocenters. The Hall–Kier alpha value is -1.66. The first-order valence-corrected chi connectivity index (χ1v) is 7.64. The summed E-state index contributed by atoms with van der Waals surface area (Å²) in [4.78, 5) is 16.6. The van der Waals surface area contributed by atoms with Crippen LogP contribution in [0, 0.1) is 5.92 Å². The van der Waals surface area contributed by atoms with Crippen LogP contribution < -0.4 is 10.6 Å². The molecule has 0 spiro atoms. The van der Waals surface area contributed by atoms with Crippen LogP contribution in [-0.2, 0) is 4.79 Å². The van der Waals surface area contributed by atoms with Gasteiger partial charge >= 0.3 is 0 Å². The molecule has 1 aliphatic heterocycles. The molecule has 3 heterocycles. The molecule has 2 aromatic heterocycles. The molecule has 0 aliphatic carbocycles. The van der Waals surface area contributed by atoms with Crippen LogP contribution in [0.2, 0.25) is 0 Å². The monoisotopic (exact) mass is 291 g/mol. The Balaban J connectivity index is 1.64. The van der Waals surface area contributed by atoms with Crippen molar-refractivity contribution >= 4 is 22.4 Å². The number of hydrogen-bond donors (Lipinski definition) is 2. The molecule has 1 saturated heterocycles. The highest BCUT2D eigenvalue weighted by molar-refractivity contribution is 7.14. The molecule has 0 saturated carbocycles. The van der Waals surface area contributed by atoms with Crippen LogP contribution in [0.5, 0.6) is 0 Å². The lowest BCUT2D eigenvalue weighted by atomic mass is 9.93. The molecule has 20 heavy (non-hydrogen) atoms. The van der Waals surface area contributed by atoms with Crippen molar-refractivity contribution in [1.29, 1.82) is 0 Å². The average molecular weight is 291 g/mol. The van der Waals surface area contributed by atoms with Gasteiger partial charge in [0.2, 0.25) is 5.91 Å². The average Bonchev–Trinajstić information content (AvgIpc) is 3.08. The standard InChI is InChI=1S/C14H17N3O2S/c1-9-7-10(4-5-15-9)13(18)17-14-16-11(8-20-14)12-3-2-6-19-12/h2-3,6,8-10,15H,4-5,7H2,1H3,(H,16,17,18)/t9-,10-/m0/s1. The summed E-state index contributed by atoms with van der Waals surface area (Å²) in [6.45, 7) is 3.01. The quantitative estimate of drug-likeness (QED) is 0.912. The lowest BCUT2D eigenvalue weighted by molar-refractivity contribution is -0.120. The topological polar surface area (TPSA) is 67.2 Å². The zero-order valence-electron chi connectivity index (χ0n) is 11.3. The molecule has 0 bridgehead atoms. The number of carbonyl (C=O) groups excluding carboxylic acids is 1. The molecule has 3 rings (SSSR count). The van der Waals surface area contributed by atoms with Crippen LogP contribution in [0.1, 0.15) is 19.8 Å². The van der Waals surface area contributed by atoms with Crippen molar-refractivity contribution in [3.63, 3.8) is 0 Å². The summed E-state index contributed by atoms with van der Waals surface area (Å²) in [6, 6.07) is 4.08. The van der Waals surface area contributed by atoms with Gasteiger partial charge in [0.1, 0.15) is 5.69 Å². The summed E-state index contributed by atoms with van der Waals surface area (Å²) >= 11 is 1.42. The second kappa shape index (κ2) is 5.76. The Kier molecular flexibility index (Phi) is 3.84. The van der Waals surface area contributed by atoms with Crippen LogP contribution in [-0.4, -0.2) is 23.5 Å². The molecular weight excluding hydrogens is 274 g/mol. The molecule has 106 valence electrons. The molecule has 1 amide bonds. The molecule has 1 fully saturated rings. The van der Waals surface area contributed by atoms with E-state index in [4.69, 9.17) is 4.42 Å². The van der Waals surface area contributed by atoms with Crippen molar-refractivity contribution in [2.75, 3.05) is 11.9 Å². The lowest BCUT2D eigenvalue weighted by Gasteiger charge is -2.26. The third-order valence-corrected chi connectivity index (χ3v) is 4.26. The zero-order valence-corrected chi connectivity index (χ0v) is 12.1. The highest BCUT2D eigenvalue weighted by Crippen LogP contribution is 2.26. The first-order valence-electron chi connectivity index (χ1n) is 6.76. The third-order valence-electron chi connectivity index (χ3n) is 3.50. The Labute approximate surface area is 121 Å². The van der Waals surface area contributed by atoms with Gasteiger partial charge in [0, 0.05) is 17.3 Å². The van der Waals surface area contributed by atoms with Gasteiger partial charge in [-0.2, -0.15) is 0 Å². The molecule has 2 N–H and O–H groups in total. The van der Waals surface area contributed by atoms with Crippen molar-refractivity contribution in [3.05, 3.63) is 23.8 Å². The largest absolute Gasteiger partial charge is 0.463 e. The molecule has 6 heteroatoms. The normalized spacial score (nSPS) is 22.6. The minimum absolute atomic E-state index is 0.0682. The molecule has 0 radical (unpaired) electrons. The number of aromatic nitrogens is 1. The fourth-order valence-corrected chi connectivity index (χ4v) is 3.15. The van der Waals surface area contributed by atoms with Gasteiger partial charge in [-0.05, 0) is 38.4 Å². The fraction of sp³-hybridized carbons (Fsp3) is 0.429. The van der Waals surface area contributed by atoms with Gasteiger partial charge in [-0.1, -0.05) is 0 Å². The Morgan fingerprint density at radius 3 is 3.25 bits per heavy atom. The number of thiazole rings is 1. The molecule has 2 aromatic rings. The molecule has 1 aliphatic rings. The van der Waals surface area contributed by atoms with E-state index in [1.165, 1.54) is 11.3 Å². The van der Waals surface area contributed by atoms with Gasteiger partial charge in [-0.25, -0.2) is 4.98 Å². The number of hydrogen-bond acceptors (Lipinski definition) is 5. The number of nitrogens with zero attached hydrogens (tertiary/aromatic N) is 1. The first kappa shape index (κ1) is 13.3. The van der Waals surface area contributed by atoms with E-state index in [9.17, 15) is 4.79 Å². The van der Waals surface area contributed by atoms with E-state index in [1.54, 1.807) is 6.26 Å². The zero-order chi connectivity index (χ0) is 13.9. The first-order chi connectivity index (χ1) is 9.72. The molecule has 5 nitrogen and oxygen atoms in total. The summed E-state index contributed by atoms with van der Waals surface area (Å²) < 4.78 is 5.29. The number of piperidine rings is 1. The summed E-state index contributed by atoms with van der Waals surface area (Å²) in [5.41, 5.74) is 0.758. The van der Waals surface area contributed by atoms with Crippen molar-refractivity contribution in [1.82, 2.24) is 10.3 Å². The van der Waals surface area contributed by atoms with Crippen LogP contribution >= 0.6 is 11.3 Å². The van der Waals surface area contributed by atoms with Gasteiger partial charge < -0.3 is 15.1 Å². The number of carbonyl (C=O) groups is 1. The van der Waals surface area contributed by atoms with E-state index < -0.39 is 0 Å². The molecule has 0 unspecified atom stereocenters. The number of rotatable bonds is 3. The maximum atomic E-state index is 12.2. The Morgan fingerprint density at radius 2 is 2.50 bits per heavy atom. The van der Waals surface area contributed by atoms with Crippen molar-refractivity contribution in [3.8, 4) is 11.5 Å². The number of amides is 1. The van der Waals surface area contributed by atoms with Crippen molar-refractivity contribution in [2.24, 2.45) is 5.92 Å². The lowest BCUT2D eigenvalue weighted by Crippen LogP contribution is -2.40. The third kappa shape index (κ3) is 2.91. The van der Waals surface area contributed by atoms with Gasteiger partial charge in [0.25, 0.3) is 0 Å². The number of nitrogens with one attached hydrogen (secondary N) is 2. The van der Waals surface area contributed by atoms with E-state index in [-0.39, 0.29) is 11.8 Å². The summed E-state index contributed by atoms with van der Waals surface area (Å²) in [6.07, 6.45) is 3.37. The summed E-state index contributed by atoms with van der Waals surface area (Å²) in [5.74, 6) is 0.859. The van der Waals surface area contributed by atoms with Gasteiger partial charge in [-0.15, -0.1) is 11.3 Å². The maximum absolute atomic E-state index is 12.2. The van der Waals surface area contributed by atoms with Crippen LogP contribution in [0.15, 0.2) is 28.2 Å². The second-order valence-electron chi connectivity index (χ2n) is 5.08. The molecule has 0 aromatic carbocycles.